The molecule has 1 aromatic carbocycles. The number of alkyl carbamates (subject to hydrolysis) is 1. The zero-order valence-electron chi connectivity index (χ0n) is 8.77. The highest BCUT2D eigenvalue weighted by Crippen LogP contribution is 2.03. The molecule has 0 fully saturated rings. The van der Waals surface area contributed by atoms with Gasteiger partial charge in [-0.2, -0.15) is 0 Å². The third-order valence-electron chi connectivity index (χ3n) is 2.07. The highest BCUT2D eigenvalue weighted by atomic mass is 16.5. The molecular formula is C12H15NO2. The summed E-state index contributed by atoms with van der Waals surface area (Å²) in [6.07, 6.45) is 1.99. The van der Waals surface area contributed by atoms with Gasteiger partial charge in [-0.25, -0.2) is 4.79 Å². The summed E-state index contributed by atoms with van der Waals surface area (Å²) in [6.45, 7) is 3.67. The molecule has 0 aliphatic rings. The van der Waals surface area contributed by atoms with Gasteiger partial charge in [-0.05, 0) is 12.0 Å². The molecule has 0 radical (unpaired) electrons. The summed E-state index contributed by atoms with van der Waals surface area (Å²) in [6, 6.07) is 9.81. The quantitative estimate of drug-likeness (QED) is 0.765. The number of carbonyl (C=O) groups excluding carboxylic acids is 1. The third-order valence-corrected chi connectivity index (χ3v) is 2.07. The monoisotopic (exact) mass is 205 g/mol. The largest absolute Gasteiger partial charge is 0.453 e. The van der Waals surface area contributed by atoms with Crippen molar-refractivity contribution in [1.29, 1.82) is 0 Å². The molecule has 0 heterocycles. The number of methoxy groups -OCH3 is 1. The van der Waals surface area contributed by atoms with E-state index < -0.39 is 6.09 Å². The van der Waals surface area contributed by atoms with Crippen molar-refractivity contribution in [2.24, 2.45) is 0 Å². The predicted molar refractivity (Wildman–Crippen MR) is 59.7 cm³/mol. The summed E-state index contributed by atoms with van der Waals surface area (Å²) < 4.78 is 4.52. The van der Waals surface area contributed by atoms with Crippen molar-refractivity contribution in [3.8, 4) is 0 Å². The maximum absolute atomic E-state index is 11.0. The summed E-state index contributed by atoms with van der Waals surface area (Å²) >= 11 is 0. The van der Waals surface area contributed by atoms with Crippen molar-refractivity contribution >= 4 is 6.09 Å². The van der Waals surface area contributed by atoms with Crippen molar-refractivity contribution in [2.75, 3.05) is 7.11 Å². The Balaban J connectivity index is 2.54. The molecule has 0 saturated carbocycles. The normalized spacial score (nSPS) is 11.5. The fraction of sp³-hybridized carbons (Fsp3) is 0.250. The van der Waals surface area contributed by atoms with Gasteiger partial charge in [-0.1, -0.05) is 36.4 Å². The van der Waals surface area contributed by atoms with Crippen LogP contribution in [0.3, 0.4) is 0 Å². The van der Waals surface area contributed by atoms with Gasteiger partial charge < -0.3 is 10.1 Å². The Morgan fingerprint density at radius 2 is 2.20 bits per heavy atom. The van der Waals surface area contributed by atoms with Gasteiger partial charge in [0, 0.05) is 0 Å². The number of carbonyl (C=O) groups is 1. The van der Waals surface area contributed by atoms with Crippen molar-refractivity contribution in [3.63, 3.8) is 0 Å². The van der Waals surface area contributed by atoms with Gasteiger partial charge in [0.15, 0.2) is 0 Å². The van der Waals surface area contributed by atoms with Gasteiger partial charge in [0.2, 0.25) is 0 Å². The second-order valence-corrected chi connectivity index (χ2v) is 3.17. The van der Waals surface area contributed by atoms with E-state index in [4.69, 9.17) is 0 Å². The molecule has 0 aromatic heterocycles. The molecule has 0 spiro atoms. The SMILES string of the molecule is C=CC(Cc1ccccc1)NC(=O)OC. The van der Waals surface area contributed by atoms with Gasteiger partial charge in [0.05, 0.1) is 13.2 Å². The maximum Gasteiger partial charge on any atom is 0.407 e. The summed E-state index contributed by atoms with van der Waals surface area (Å²) in [4.78, 5) is 11.0. The van der Waals surface area contributed by atoms with Crippen molar-refractivity contribution in [1.82, 2.24) is 5.32 Å². The molecule has 0 aliphatic carbocycles. The molecular weight excluding hydrogens is 190 g/mol. The average molecular weight is 205 g/mol. The van der Waals surface area contributed by atoms with Crippen LogP contribution in [0.25, 0.3) is 0 Å². The minimum absolute atomic E-state index is 0.0974. The first-order chi connectivity index (χ1) is 7.26. The van der Waals surface area contributed by atoms with Gasteiger partial charge in [0.1, 0.15) is 0 Å². The van der Waals surface area contributed by atoms with Gasteiger partial charge >= 0.3 is 6.09 Å². The number of nitrogens with one attached hydrogen (secondary N) is 1. The molecule has 0 bridgehead atoms. The smallest absolute Gasteiger partial charge is 0.407 e. The Kier molecular flexibility index (Phi) is 4.41. The molecule has 0 aliphatic heterocycles. The zero-order valence-corrected chi connectivity index (χ0v) is 8.77. The first-order valence-electron chi connectivity index (χ1n) is 4.77. The van der Waals surface area contributed by atoms with Crippen LogP contribution in [0.4, 0.5) is 4.79 Å². The standard InChI is InChI=1S/C12H15NO2/c1-3-11(13-12(14)15-2)9-10-7-5-4-6-8-10/h3-8,11H,1,9H2,2H3,(H,13,14). The highest BCUT2D eigenvalue weighted by molar-refractivity contribution is 5.67. The van der Waals surface area contributed by atoms with E-state index in [1.165, 1.54) is 7.11 Å². The lowest BCUT2D eigenvalue weighted by atomic mass is 10.1. The summed E-state index contributed by atoms with van der Waals surface area (Å²) in [7, 11) is 1.35. The van der Waals surface area contributed by atoms with Crippen LogP contribution in [0.5, 0.6) is 0 Å². The molecule has 80 valence electrons. The molecule has 0 saturated heterocycles. The molecule has 3 nitrogen and oxygen atoms in total. The molecule has 1 unspecified atom stereocenters. The summed E-state index contributed by atoms with van der Waals surface area (Å²) in [5.41, 5.74) is 1.15. The van der Waals surface area contributed by atoms with Crippen molar-refractivity contribution < 1.29 is 9.53 Å². The lowest BCUT2D eigenvalue weighted by Crippen LogP contribution is -2.34. The average Bonchev–Trinajstić information content (AvgIpc) is 2.29. The van der Waals surface area contributed by atoms with Crippen LogP contribution >= 0.6 is 0 Å². The topological polar surface area (TPSA) is 38.3 Å². The predicted octanol–water partition coefficient (Wildman–Crippen LogP) is 2.14. The van der Waals surface area contributed by atoms with E-state index in [0.29, 0.717) is 0 Å². The Labute approximate surface area is 89.8 Å². The molecule has 1 aromatic rings. The van der Waals surface area contributed by atoms with Crippen molar-refractivity contribution in [3.05, 3.63) is 48.6 Å². The molecule has 3 heteroatoms. The molecule has 15 heavy (non-hydrogen) atoms. The molecule has 1 atom stereocenters. The van der Waals surface area contributed by atoms with Crippen LogP contribution in [0.2, 0.25) is 0 Å². The van der Waals surface area contributed by atoms with E-state index in [0.717, 1.165) is 12.0 Å². The number of hydrogen-bond donors (Lipinski definition) is 1. The van der Waals surface area contributed by atoms with E-state index in [1.807, 2.05) is 30.3 Å². The second-order valence-electron chi connectivity index (χ2n) is 3.17. The number of amides is 1. The fourth-order valence-corrected chi connectivity index (χ4v) is 1.27. The minimum Gasteiger partial charge on any atom is -0.453 e. The molecule has 1 amide bonds. The maximum atomic E-state index is 11.0. The van der Waals surface area contributed by atoms with Crippen LogP contribution in [0.1, 0.15) is 5.56 Å². The number of ether oxygens (including phenoxy) is 1. The number of benzene rings is 1. The Bertz CT molecular complexity index is 322. The summed E-state index contributed by atoms with van der Waals surface area (Å²) in [5.74, 6) is 0. The highest BCUT2D eigenvalue weighted by Gasteiger charge is 2.08. The van der Waals surface area contributed by atoms with E-state index in [9.17, 15) is 4.79 Å². The van der Waals surface area contributed by atoms with Crippen LogP contribution in [0, 0.1) is 0 Å². The Morgan fingerprint density at radius 3 is 2.73 bits per heavy atom. The van der Waals surface area contributed by atoms with Gasteiger partial charge in [-0.3, -0.25) is 0 Å². The third kappa shape index (κ3) is 3.85. The van der Waals surface area contributed by atoms with E-state index in [-0.39, 0.29) is 6.04 Å². The van der Waals surface area contributed by atoms with E-state index in [1.54, 1.807) is 6.08 Å². The zero-order chi connectivity index (χ0) is 11.1. The van der Waals surface area contributed by atoms with Crippen molar-refractivity contribution in [2.45, 2.75) is 12.5 Å². The van der Waals surface area contributed by atoms with Crippen LogP contribution in [-0.2, 0) is 11.2 Å². The lowest BCUT2D eigenvalue weighted by molar-refractivity contribution is 0.168. The fourth-order valence-electron chi connectivity index (χ4n) is 1.27. The molecule has 1 N–H and O–H groups in total. The first-order valence-corrected chi connectivity index (χ1v) is 4.77. The van der Waals surface area contributed by atoms with Crippen LogP contribution < -0.4 is 5.32 Å². The summed E-state index contributed by atoms with van der Waals surface area (Å²) in [5, 5.41) is 2.69. The lowest BCUT2D eigenvalue weighted by Gasteiger charge is -2.13. The van der Waals surface area contributed by atoms with Crippen LogP contribution in [0.15, 0.2) is 43.0 Å². The van der Waals surface area contributed by atoms with Crippen LogP contribution in [-0.4, -0.2) is 19.2 Å². The Morgan fingerprint density at radius 1 is 1.53 bits per heavy atom. The van der Waals surface area contributed by atoms with E-state index >= 15 is 0 Å². The first kappa shape index (κ1) is 11.3. The number of hydrogen-bond acceptors (Lipinski definition) is 2. The van der Waals surface area contributed by atoms with E-state index in [2.05, 4.69) is 16.6 Å². The minimum atomic E-state index is -0.434. The number of rotatable bonds is 4. The van der Waals surface area contributed by atoms with Gasteiger partial charge in [-0.15, -0.1) is 6.58 Å². The van der Waals surface area contributed by atoms with Gasteiger partial charge in [0.25, 0.3) is 0 Å². The second kappa shape index (κ2) is 5.86. The molecule has 1 rings (SSSR count). The Hall–Kier alpha value is -1.77.